The van der Waals surface area contributed by atoms with Crippen LogP contribution in [0, 0.1) is 5.41 Å². The van der Waals surface area contributed by atoms with Crippen molar-refractivity contribution in [1.82, 2.24) is 9.80 Å². The molecule has 0 aromatic heterocycles. The predicted octanol–water partition coefficient (Wildman–Crippen LogP) is 0.796. The Bertz CT molecular complexity index is 160. The number of nitrogens with zero attached hydrogens (tertiary/aromatic N) is 2. The third-order valence-corrected chi connectivity index (χ3v) is 2.39. The van der Waals surface area contributed by atoms with Crippen LogP contribution < -0.4 is 0 Å². The van der Waals surface area contributed by atoms with Crippen molar-refractivity contribution in [3.05, 3.63) is 0 Å². The largest absolute Gasteiger partial charge is 0.344 e. The zero-order valence-corrected chi connectivity index (χ0v) is 7.73. The van der Waals surface area contributed by atoms with Crippen LogP contribution in [0.1, 0.15) is 6.42 Å². The molecule has 1 aliphatic rings. The van der Waals surface area contributed by atoms with Crippen LogP contribution in [0.25, 0.3) is 0 Å². The second kappa shape index (κ2) is 3.30. The lowest BCUT2D eigenvalue weighted by molar-refractivity contribution is 0.390. The molecule has 64 valence electrons. The monoisotopic (exact) mass is 175 g/mol. The summed E-state index contributed by atoms with van der Waals surface area (Å²) < 4.78 is 0. The Morgan fingerprint density at radius 2 is 2.27 bits per heavy atom. The van der Waals surface area contributed by atoms with Crippen molar-refractivity contribution in [3.63, 3.8) is 0 Å². The van der Waals surface area contributed by atoms with Crippen molar-refractivity contribution in [2.24, 2.45) is 0 Å². The van der Waals surface area contributed by atoms with Crippen LogP contribution in [0.5, 0.6) is 0 Å². The summed E-state index contributed by atoms with van der Waals surface area (Å²) in [6, 6.07) is 0.435. The number of nitrogens with one attached hydrogen (secondary N) is 1. The van der Waals surface area contributed by atoms with E-state index in [0.29, 0.717) is 17.9 Å². The number of hydrogen-bond acceptors (Lipinski definition) is 1. The summed E-state index contributed by atoms with van der Waals surface area (Å²) in [7, 11) is 3.89. The Morgan fingerprint density at radius 3 is 2.64 bits per heavy atom. The third-order valence-electron chi connectivity index (χ3n) is 2.17. The summed E-state index contributed by atoms with van der Waals surface area (Å²) in [5, 5.41) is 7.58. The van der Waals surface area contributed by atoms with Gasteiger partial charge in [0, 0.05) is 26.5 Å². The summed E-state index contributed by atoms with van der Waals surface area (Å²) in [5.74, 6) is 1.27. The smallest absolute Gasteiger partial charge is 0.193 e. The van der Waals surface area contributed by atoms with Gasteiger partial charge in [0.15, 0.2) is 5.96 Å². The first-order chi connectivity index (χ1) is 5.16. The number of hydrogen-bond donors (Lipinski definition) is 1. The topological polar surface area (TPSA) is 30.3 Å². The molecule has 0 radical (unpaired) electrons. The van der Waals surface area contributed by atoms with Crippen molar-refractivity contribution in [3.8, 4) is 0 Å². The van der Waals surface area contributed by atoms with Gasteiger partial charge in [-0.05, 0) is 6.42 Å². The van der Waals surface area contributed by atoms with Crippen molar-refractivity contribution >= 4 is 17.6 Å². The molecule has 11 heavy (non-hydrogen) atoms. The van der Waals surface area contributed by atoms with Crippen LogP contribution in [-0.4, -0.2) is 48.3 Å². The van der Waals surface area contributed by atoms with Crippen LogP contribution in [0.3, 0.4) is 0 Å². The van der Waals surface area contributed by atoms with E-state index < -0.39 is 0 Å². The Morgan fingerprint density at radius 1 is 1.64 bits per heavy atom. The number of likely N-dealkylation sites (N-methyl/N-ethyl adjacent to an activating group) is 2. The van der Waals surface area contributed by atoms with Gasteiger partial charge in [-0.15, -0.1) is 11.6 Å². The number of halogens is 1. The third kappa shape index (κ3) is 1.59. The fourth-order valence-electron chi connectivity index (χ4n) is 1.38. The van der Waals surface area contributed by atoms with E-state index in [2.05, 4.69) is 0 Å². The molecule has 3 nitrogen and oxygen atoms in total. The van der Waals surface area contributed by atoms with E-state index >= 15 is 0 Å². The maximum atomic E-state index is 7.58. The van der Waals surface area contributed by atoms with Gasteiger partial charge in [0.05, 0.1) is 6.04 Å². The Labute approximate surface area is 72.4 Å². The minimum Gasteiger partial charge on any atom is -0.344 e. The van der Waals surface area contributed by atoms with E-state index in [9.17, 15) is 0 Å². The quantitative estimate of drug-likeness (QED) is 0.630. The highest BCUT2D eigenvalue weighted by Gasteiger charge is 2.28. The molecule has 1 heterocycles. The SMILES string of the molecule is CN1CC(CCCl)N(C)C1=N. The fourth-order valence-corrected chi connectivity index (χ4v) is 1.63. The number of rotatable bonds is 2. The predicted molar refractivity (Wildman–Crippen MR) is 47.2 cm³/mol. The minimum absolute atomic E-state index is 0.435. The van der Waals surface area contributed by atoms with E-state index in [1.165, 1.54) is 0 Å². The Kier molecular flexibility index (Phi) is 2.60. The van der Waals surface area contributed by atoms with Crippen LogP contribution in [-0.2, 0) is 0 Å². The number of alkyl halides is 1. The Hall–Kier alpha value is -0.440. The molecule has 1 aliphatic heterocycles. The van der Waals surface area contributed by atoms with E-state index in [-0.39, 0.29) is 0 Å². The molecule has 1 N–H and O–H groups in total. The zero-order valence-electron chi connectivity index (χ0n) is 6.97. The second-order valence-corrected chi connectivity index (χ2v) is 3.32. The van der Waals surface area contributed by atoms with Crippen molar-refractivity contribution in [2.45, 2.75) is 12.5 Å². The molecule has 0 aliphatic carbocycles. The average molecular weight is 176 g/mol. The fraction of sp³-hybridized carbons (Fsp3) is 0.857. The van der Waals surface area contributed by atoms with E-state index in [1.54, 1.807) is 0 Å². The lowest BCUT2D eigenvalue weighted by Crippen LogP contribution is -2.30. The maximum absolute atomic E-state index is 7.58. The lowest BCUT2D eigenvalue weighted by Gasteiger charge is -2.17. The van der Waals surface area contributed by atoms with Crippen LogP contribution in [0.15, 0.2) is 0 Å². The summed E-state index contributed by atoms with van der Waals surface area (Å²) in [5.41, 5.74) is 0. The summed E-state index contributed by atoms with van der Waals surface area (Å²) in [4.78, 5) is 3.92. The molecule has 1 saturated heterocycles. The van der Waals surface area contributed by atoms with E-state index in [4.69, 9.17) is 17.0 Å². The first-order valence-electron chi connectivity index (χ1n) is 3.75. The molecular formula is C7H14ClN3. The van der Waals surface area contributed by atoms with Gasteiger partial charge < -0.3 is 9.80 Å². The molecule has 1 unspecified atom stereocenters. The first-order valence-corrected chi connectivity index (χ1v) is 4.28. The molecule has 1 rings (SSSR count). The molecule has 0 amide bonds. The van der Waals surface area contributed by atoms with Crippen LogP contribution >= 0.6 is 11.6 Å². The summed E-state index contributed by atoms with van der Waals surface area (Å²) >= 11 is 5.63. The molecule has 0 bridgehead atoms. The van der Waals surface area contributed by atoms with Gasteiger partial charge in [-0.25, -0.2) is 0 Å². The van der Waals surface area contributed by atoms with E-state index in [0.717, 1.165) is 13.0 Å². The van der Waals surface area contributed by atoms with Gasteiger partial charge in [-0.2, -0.15) is 0 Å². The summed E-state index contributed by atoms with van der Waals surface area (Å²) in [6.07, 6.45) is 0.963. The molecule has 1 fully saturated rings. The molecular weight excluding hydrogens is 162 g/mol. The number of guanidine groups is 1. The van der Waals surface area contributed by atoms with Crippen LogP contribution in [0.2, 0.25) is 0 Å². The maximum Gasteiger partial charge on any atom is 0.193 e. The van der Waals surface area contributed by atoms with Gasteiger partial charge in [0.2, 0.25) is 0 Å². The first kappa shape index (κ1) is 8.65. The van der Waals surface area contributed by atoms with Crippen LogP contribution in [0.4, 0.5) is 0 Å². The molecule has 4 heteroatoms. The van der Waals surface area contributed by atoms with Gasteiger partial charge in [-0.1, -0.05) is 0 Å². The highest BCUT2D eigenvalue weighted by molar-refractivity contribution is 6.17. The lowest BCUT2D eigenvalue weighted by atomic mass is 10.2. The molecule has 0 aromatic carbocycles. The van der Waals surface area contributed by atoms with Crippen molar-refractivity contribution in [2.75, 3.05) is 26.5 Å². The van der Waals surface area contributed by atoms with Crippen molar-refractivity contribution in [1.29, 1.82) is 5.41 Å². The minimum atomic E-state index is 0.435. The standard InChI is InChI=1S/C7H14ClN3/c1-10-5-6(3-4-8)11(2)7(10)9/h6,9H,3-5H2,1-2H3. The highest BCUT2D eigenvalue weighted by Crippen LogP contribution is 2.13. The van der Waals surface area contributed by atoms with E-state index in [1.807, 2.05) is 23.9 Å². The van der Waals surface area contributed by atoms with Gasteiger partial charge >= 0.3 is 0 Å². The molecule has 1 atom stereocenters. The van der Waals surface area contributed by atoms with Gasteiger partial charge in [0.1, 0.15) is 0 Å². The van der Waals surface area contributed by atoms with Gasteiger partial charge in [-0.3, -0.25) is 5.41 Å². The average Bonchev–Trinajstić information content (AvgIpc) is 2.19. The van der Waals surface area contributed by atoms with Gasteiger partial charge in [0.25, 0.3) is 0 Å². The zero-order chi connectivity index (χ0) is 8.43. The molecule has 0 saturated carbocycles. The molecule has 0 spiro atoms. The summed E-state index contributed by atoms with van der Waals surface area (Å²) in [6.45, 7) is 0.933. The second-order valence-electron chi connectivity index (χ2n) is 2.95. The normalized spacial score (nSPS) is 25.0. The van der Waals surface area contributed by atoms with Crippen molar-refractivity contribution < 1.29 is 0 Å². The highest BCUT2D eigenvalue weighted by atomic mass is 35.5. The molecule has 0 aromatic rings. The Balaban J connectivity index is 2.52.